The van der Waals surface area contributed by atoms with E-state index >= 15 is 0 Å². The second-order valence-corrected chi connectivity index (χ2v) is 7.52. The largest absolute Gasteiger partial charge is 0.493 e. The first-order valence-electron chi connectivity index (χ1n) is 10.4. The number of rotatable bonds is 9. The Labute approximate surface area is 191 Å². The summed E-state index contributed by atoms with van der Waals surface area (Å²) < 4.78 is 25.3. The van der Waals surface area contributed by atoms with Crippen molar-refractivity contribution in [3.63, 3.8) is 0 Å². The summed E-state index contributed by atoms with van der Waals surface area (Å²) in [4.78, 5) is 29.4. The van der Waals surface area contributed by atoms with E-state index in [4.69, 9.17) is 9.47 Å². The van der Waals surface area contributed by atoms with Crippen LogP contribution in [0.2, 0.25) is 0 Å². The molecular weight excluding hydrogens is 427 g/mol. The zero-order valence-electron chi connectivity index (χ0n) is 19.1. The molecule has 1 aromatic heterocycles. The predicted molar refractivity (Wildman–Crippen MR) is 124 cm³/mol. The molecular formula is C24H27FN4O4. The van der Waals surface area contributed by atoms with Crippen molar-refractivity contribution in [1.82, 2.24) is 14.9 Å². The minimum atomic E-state index is -0.362. The number of halogens is 1. The average Bonchev–Trinajstić information content (AvgIpc) is 2.78. The van der Waals surface area contributed by atoms with Gasteiger partial charge < -0.3 is 20.1 Å². The lowest BCUT2D eigenvalue weighted by Gasteiger charge is -2.15. The molecule has 0 saturated heterocycles. The normalized spacial score (nSPS) is 10.6. The molecule has 9 heteroatoms. The zero-order valence-corrected chi connectivity index (χ0v) is 19.1. The number of nitrogens with zero attached hydrogens (tertiary/aromatic N) is 2. The van der Waals surface area contributed by atoms with Crippen LogP contribution >= 0.6 is 0 Å². The van der Waals surface area contributed by atoms with Gasteiger partial charge in [-0.2, -0.15) is 0 Å². The third-order valence-corrected chi connectivity index (χ3v) is 5.04. The number of hydrogen-bond donors (Lipinski definition) is 2. The molecule has 2 N–H and O–H groups in total. The van der Waals surface area contributed by atoms with Gasteiger partial charge in [-0.15, -0.1) is 0 Å². The van der Waals surface area contributed by atoms with Gasteiger partial charge in [0.25, 0.3) is 5.56 Å². The molecule has 0 aliphatic rings. The number of anilines is 2. The standard InChI is InChI=1S/C24H27FN4O4/c1-15-11-18(6-7-19(15)25)28-24-27-16(2)12-23(31)29(24)14-22(30)26-10-9-17-5-8-20(32-3)21(13-17)33-4/h5-8,11-13H,9-10,14H2,1-4H3,(H,26,30)(H,27,28). The van der Waals surface area contributed by atoms with Gasteiger partial charge in [-0.25, -0.2) is 9.37 Å². The third-order valence-electron chi connectivity index (χ3n) is 5.04. The average molecular weight is 455 g/mol. The van der Waals surface area contributed by atoms with Crippen LogP contribution in [0.25, 0.3) is 0 Å². The Bertz CT molecular complexity index is 1210. The number of methoxy groups -OCH3 is 2. The number of aromatic nitrogens is 2. The molecule has 8 nitrogen and oxygen atoms in total. The number of ether oxygens (including phenoxy) is 2. The topological polar surface area (TPSA) is 94.5 Å². The van der Waals surface area contributed by atoms with Gasteiger partial charge in [0, 0.05) is 24.0 Å². The van der Waals surface area contributed by atoms with E-state index in [0.29, 0.717) is 41.4 Å². The Hall–Kier alpha value is -3.88. The second-order valence-electron chi connectivity index (χ2n) is 7.52. The SMILES string of the molecule is COc1ccc(CCNC(=O)Cn2c(Nc3ccc(F)c(C)c3)nc(C)cc2=O)cc1OC. The number of benzene rings is 2. The van der Waals surface area contributed by atoms with Gasteiger partial charge in [-0.05, 0) is 61.7 Å². The van der Waals surface area contributed by atoms with Crippen molar-refractivity contribution in [2.75, 3.05) is 26.1 Å². The first-order chi connectivity index (χ1) is 15.8. The number of aryl methyl sites for hydroxylation is 2. The molecule has 1 heterocycles. The van der Waals surface area contributed by atoms with Gasteiger partial charge in [0.2, 0.25) is 11.9 Å². The molecule has 3 aromatic rings. The Morgan fingerprint density at radius 1 is 1.06 bits per heavy atom. The van der Waals surface area contributed by atoms with Crippen LogP contribution < -0.4 is 25.7 Å². The van der Waals surface area contributed by atoms with E-state index < -0.39 is 0 Å². The van der Waals surface area contributed by atoms with E-state index in [1.54, 1.807) is 40.2 Å². The molecule has 174 valence electrons. The monoisotopic (exact) mass is 454 g/mol. The maximum Gasteiger partial charge on any atom is 0.255 e. The highest BCUT2D eigenvalue weighted by Gasteiger charge is 2.13. The number of amides is 1. The summed E-state index contributed by atoms with van der Waals surface area (Å²) >= 11 is 0. The molecule has 0 aliphatic carbocycles. The number of nitrogens with one attached hydrogen (secondary N) is 2. The van der Waals surface area contributed by atoms with Crippen LogP contribution in [-0.4, -0.2) is 36.2 Å². The van der Waals surface area contributed by atoms with Crippen LogP contribution in [0.1, 0.15) is 16.8 Å². The molecule has 0 fully saturated rings. The minimum Gasteiger partial charge on any atom is -0.493 e. The summed E-state index contributed by atoms with van der Waals surface area (Å²) in [5.41, 5.74) is 2.13. The summed E-state index contributed by atoms with van der Waals surface area (Å²) in [6.07, 6.45) is 0.576. The molecule has 0 aliphatic heterocycles. The smallest absolute Gasteiger partial charge is 0.255 e. The zero-order chi connectivity index (χ0) is 24.0. The predicted octanol–water partition coefficient (Wildman–Crippen LogP) is 3.12. The second kappa shape index (κ2) is 10.6. The molecule has 0 atom stereocenters. The maximum absolute atomic E-state index is 13.6. The molecule has 0 saturated carbocycles. The van der Waals surface area contributed by atoms with Gasteiger partial charge in [-0.1, -0.05) is 6.07 Å². The van der Waals surface area contributed by atoms with Gasteiger partial charge in [0.05, 0.1) is 14.2 Å². The number of hydrogen-bond acceptors (Lipinski definition) is 6. The molecule has 1 amide bonds. The minimum absolute atomic E-state index is 0.208. The lowest BCUT2D eigenvalue weighted by atomic mass is 10.1. The van der Waals surface area contributed by atoms with Crippen LogP contribution in [0.15, 0.2) is 47.3 Å². The van der Waals surface area contributed by atoms with Gasteiger partial charge in [0.1, 0.15) is 12.4 Å². The first-order valence-corrected chi connectivity index (χ1v) is 10.4. The third kappa shape index (κ3) is 6.09. The molecule has 3 rings (SSSR count). The fourth-order valence-corrected chi connectivity index (χ4v) is 3.30. The van der Waals surface area contributed by atoms with Crippen molar-refractivity contribution in [1.29, 1.82) is 0 Å². The molecule has 33 heavy (non-hydrogen) atoms. The quantitative estimate of drug-likeness (QED) is 0.516. The molecule has 0 radical (unpaired) electrons. The van der Waals surface area contributed by atoms with Crippen LogP contribution in [0.5, 0.6) is 11.5 Å². The van der Waals surface area contributed by atoms with Crippen LogP contribution in [0, 0.1) is 19.7 Å². The van der Waals surface area contributed by atoms with Gasteiger partial charge >= 0.3 is 0 Å². The highest BCUT2D eigenvalue weighted by Crippen LogP contribution is 2.27. The van der Waals surface area contributed by atoms with E-state index in [2.05, 4.69) is 15.6 Å². The van der Waals surface area contributed by atoms with Crippen molar-refractivity contribution in [2.45, 2.75) is 26.8 Å². The van der Waals surface area contributed by atoms with E-state index in [9.17, 15) is 14.0 Å². The summed E-state index contributed by atoms with van der Waals surface area (Å²) in [7, 11) is 3.13. The molecule has 2 aromatic carbocycles. The number of carbonyl (C=O) groups excluding carboxylic acids is 1. The Kier molecular flexibility index (Phi) is 7.66. The number of carbonyl (C=O) groups is 1. The van der Waals surface area contributed by atoms with Crippen molar-refractivity contribution in [2.24, 2.45) is 0 Å². The Balaban J connectivity index is 1.68. The highest BCUT2D eigenvalue weighted by atomic mass is 19.1. The Morgan fingerprint density at radius 3 is 2.52 bits per heavy atom. The van der Waals surface area contributed by atoms with Gasteiger partial charge in [0.15, 0.2) is 11.5 Å². The van der Waals surface area contributed by atoms with Crippen LogP contribution in [0.3, 0.4) is 0 Å². The fourth-order valence-electron chi connectivity index (χ4n) is 3.30. The van der Waals surface area contributed by atoms with E-state index in [0.717, 1.165) is 5.56 Å². The van der Waals surface area contributed by atoms with E-state index in [1.165, 1.54) is 16.7 Å². The first kappa shape index (κ1) is 23.8. The molecule has 0 unspecified atom stereocenters. The lowest BCUT2D eigenvalue weighted by molar-refractivity contribution is -0.121. The lowest BCUT2D eigenvalue weighted by Crippen LogP contribution is -2.34. The Morgan fingerprint density at radius 2 is 1.82 bits per heavy atom. The maximum atomic E-state index is 13.6. The van der Waals surface area contributed by atoms with Crippen molar-refractivity contribution in [3.05, 3.63) is 75.5 Å². The summed E-state index contributed by atoms with van der Waals surface area (Å²) in [5, 5.41) is 5.83. The van der Waals surface area contributed by atoms with Crippen molar-refractivity contribution < 1.29 is 18.7 Å². The van der Waals surface area contributed by atoms with Gasteiger partial charge in [-0.3, -0.25) is 14.2 Å². The van der Waals surface area contributed by atoms with E-state index in [-0.39, 0.29) is 29.8 Å². The summed E-state index contributed by atoms with van der Waals surface area (Å²) in [6.45, 7) is 3.50. The molecule has 0 bridgehead atoms. The fraction of sp³-hybridized carbons (Fsp3) is 0.292. The van der Waals surface area contributed by atoms with Crippen LogP contribution in [0.4, 0.5) is 16.0 Å². The van der Waals surface area contributed by atoms with E-state index in [1.807, 2.05) is 18.2 Å². The van der Waals surface area contributed by atoms with Crippen molar-refractivity contribution in [3.8, 4) is 11.5 Å². The molecule has 0 spiro atoms. The summed E-state index contributed by atoms with van der Waals surface area (Å²) in [6, 6.07) is 11.4. The van der Waals surface area contributed by atoms with Crippen molar-refractivity contribution >= 4 is 17.5 Å². The summed E-state index contributed by atoms with van der Waals surface area (Å²) in [5.74, 6) is 0.796. The highest BCUT2D eigenvalue weighted by molar-refractivity contribution is 5.76. The van der Waals surface area contributed by atoms with Crippen LogP contribution in [-0.2, 0) is 17.8 Å².